The van der Waals surface area contributed by atoms with Crippen molar-refractivity contribution in [2.24, 2.45) is 0 Å². The average Bonchev–Trinajstić information content (AvgIpc) is 2.63. The largest absolute Gasteiger partial charge is 0.481 e. The van der Waals surface area contributed by atoms with E-state index >= 15 is 0 Å². The second kappa shape index (κ2) is 9.31. The van der Waals surface area contributed by atoms with Crippen LogP contribution in [0, 0.1) is 0 Å². The number of hydrogen-bond acceptors (Lipinski definition) is 2. The Morgan fingerprint density at radius 3 is 1.32 bits per heavy atom. The molecule has 204 valence electrons. The number of aliphatic hydroxyl groups is 1. The highest BCUT2D eigenvalue weighted by atomic mass is 19.4. The van der Waals surface area contributed by atoms with Gasteiger partial charge in [0.1, 0.15) is 0 Å². The number of aliphatic hydroxyl groups excluding tert-OH is 1. The van der Waals surface area contributed by atoms with Gasteiger partial charge in [-0.25, -0.2) is 0 Å². The first-order valence-electron chi connectivity index (χ1n) is 8.44. The highest BCUT2D eigenvalue weighted by Crippen LogP contribution is 2.64. The van der Waals surface area contributed by atoms with E-state index in [1.807, 2.05) is 0 Å². The quantitative estimate of drug-likeness (QED) is 0.155. The van der Waals surface area contributed by atoms with Crippen molar-refractivity contribution in [1.29, 1.82) is 0 Å². The van der Waals surface area contributed by atoms with E-state index in [-0.39, 0.29) is 6.42 Å². The van der Waals surface area contributed by atoms with E-state index in [0.29, 0.717) is 0 Å². The molecule has 0 unspecified atom stereocenters. The van der Waals surface area contributed by atoms with Crippen LogP contribution in [0.25, 0.3) is 0 Å². The van der Waals surface area contributed by atoms with Crippen molar-refractivity contribution in [3.63, 3.8) is 0 Å². The molecule has 0 rings (SSSR count). The Bertz CT molecular complexity index is 723. The lowest BCUT2D eigenvalue weighted by molar-refractivity contribution is -0.461. The molecule has 0 saturated heterocycles. The predicted molar refractivity (Wildman–Crippen MR) is 76.9 cm³/mol. The third kappa shape index (κ3) is 4.92. The Kier molecular flexibility index (Phi) is 8.80. The van der Waals surface area contributed by atoms with Gasteiger partial charge >= 0.3 is 47.6 Å². The van der Waals surface area contributed by atoms with Crippen molar-refractivity contribution in [3.05, 3.63) is 12.0 Å². The summed E-state index contributed by atoms with van der Waals surface area (Å²) in [7, 11) is 0. The van der Waals surface area contributed by atoms with Gasteiger partial charge in [-0.2, -0.15) is 74.6 Å². The minimum Gasteiger partial charge on any atom is -0.481 e. The summed E-state index contributed by atoms with van der Waals surface area (Å²) >= 11 is 0. The molecule has 0 aromatic heterocycles. The third-order valence-electron chi connectivity index (χ3n) is 4.05. The molecule has 0 aromatic rings. The van der Waals surface area contributed by atoms with Crippen LogP contribution in [-0.2, 0) is 4.74 Å². The molecule has 2 nitrogen and oxygen atoms in total. The zero-order valence-electron chi connectivity index (χ0n) is 16.2. The second-order valence-corrected chi connectivity index (χ2v) is 6.55. The second-order valence-electron chi connectivity index (χ2n) is 6.55. The molecule has 0 aliphatic heterocycles. The fourth-order valence-electron chi connectivity index (χ4n) is 2.06. The molecule has 0 radical (unpaired) electrons. The minimum absolute atomic E-state index is 0.0770. The van der Waals surface area contributed by atoms with Crippen LogP contribution < -0.4 is 0 Å². The van der Waals surface area contributed by atoms with Crippen molar-refractivity contribution in [3.8, 4) is 0 Å². The Hall–Kier alpha value is -1.85. The van der Waals surface area contributed by atoms with Crippen LogP contribution in [0.5, 0.6) is 0 Å². The van der Waals surface area contributed by atoms with Crippen molar-refractivity contribution < 1.29 is 84.5 Å². The molecule has 0 bridgehead atoms. The first kappa shape index (κ1) is 32.1. The van der Waals surface area contributed by atoms with Crippen LogP contribution in [-0.4, -0.2) is 59.3 Å². The number of hydrogen-bond donors (Lipinski definition) is 1. The van der Waals surface area contributed by atoms with Crippen molar-refractivity contribution in [2.45, 2.75) is 73.8 Å². The lowest BCUT2D eigenvalue weighted by Gasteiger charge is -2.42. The fraction of sp³-hybridized carbons (Fsp3) is 0.867. The molecule has 0 spiro atoms. The minimum atomic E-state index is -8.64. The molecule has 19 heteroatoms. The molecule has 0 heterocycles. The van der Waals surface area contributed by atoms with Crippen molar-refractivity contribution in [1.82, 2.24) is 0 Å². The Balaban J connectivity index is 6.18. The predicted octanol–water partition coefficient (Wildman–Crippen LogP) is 7.60. The van der Waals surface area contributed by atoms with E-state index in [0.717, 1.165) is 6.08 Å². The molecule has 0 aliphatic rings. The molecule has 0 fully saturated rings. The molecule has 0 amide bonds. The van der Waals surface area contributed by atoms with Gasteiger partial charge in [-0.3, -0.25) is 0 Å². The lowest BCUT2D eigenvalue weighted by Crippen LogP contribution is -2.74. The van der Waals surface area contributed by atoms with Crippen molar-refractivity contribution in [2.75, 3.05) is 6.61 Å². The van der Waals surface area contributed by atoms with Crippen LogP contribution in [0.15, 0.2) is 12.0 Å². The van der Waals surface area contributed by atoms with Crippen LogP contribution in [0.3, 0.4) is 0 Å². The number of alkyl halides is 17. The summed E-state index contributed by atoms with van der Waals surface area (Å²) in [4.78, 5) is 0. The first-order chi connectivity index (χ1) is 14.7. The van der Waals surface area contributed by atoms with Gasteiger partial charge in [0.15, 0.2) is 0 Å². The summed E-state index contributed by atoms with van der Waals surface area (Å²) in [5.74, 6) is -57.3. The standard InChI is InChI=1S/C15H13F17O2/c1-2-4-7(33)34-6-3-5-8(16,17)9(18,19)10(20,21)11(22,23)12(24,25)13(26,27)14(28,29)15(30,31)32/h4,33H,2-3,5-6H2,1H3. The molecule has 0 saturated carbocycles. The number of halogens is 17. The van der Waals surface area contributed by atoms with Crippen LogP contribution in [0.1, 0.15) is 26.2 Å². The van der Waals surface area contributed by atoms with Crippen LogP contribution >= 0.6 is 0 Å². The van der Waals surface area contributed by atoms with E-state index in [2.05, 4.69) is 4.74 Å². The van der Waals surface area contributed by atoms with E-state index < -0.39 is 73.0 Å². The normalized spacial score (nSPS) is 16.1. The molecule has 34 heavy (non-hydrogen) atoms. The van der Waals surface area contributed by atoms with Crippen LogP contribution in [0.4, 0.5) is 74.6 Å². The van der Waals surface area contributed by atoms with Gasteiger partial charge in [0.05, 0.1) is 6.61 Å². The van der Waals surface area contributed by atoms with E-state index in [4.69, 9.17) is 5.11 Å². The molecular formula is C15H13F17O2. The molecule has 1 N–H and O–H groups in total. The third-order valence-corrected chi connectivity index (χ3v) is 4.05. The smallest absolute Gasteiger partial charge is 0.460 e. The SMILES string of the molecule is CCC=C(O)OCCCC(F)(F)C(F)(F)C(F)(F)C(F)(F)C(F)(F)C(F)(F)C(F)(F)C(F)(F)F. The Morgan fingerprint density at radius 1 is 0.618 bits per heavy atom. The summed E-state index contributed by atoms with van der Waals surface area (Å²) in [6, 6.07) is 0. The fourth-order valence-corrected chi connectivity index (χ4v) is 2.06. The maximum atomic E-state index is 13.6. The average molecular weight is 548 g/mol. The molecule has 0 aromatic carbocycles. The van der Waals surface area contributed by atoms with E-state index in [9.17, 15) is 74.6 Å². The van der Waals surface area contributed by atoms with Gasteiger partial charge in [-0.1, -0.05) is 6.92 Å². The van der Waals surface area contributed by atoms with E-state index in [1.54, 1.807) is 0 Å². The van der Waals surface area contributed by atoms with Crippen LogP contribution in [0.2, 0.25) is 0 Å². The molecule has 0 atom stereocenters. The molecular weight excluding hydrogens is 535 g/mol. The van der Waals surface area contributed by atoms with Crippen molar-refractivity contribution >= 4 is 0 Å². The zero-order chi connectivity index (χ0) is 27.8. The first-order valence-corrected chi connectivity index (χ1v) is 8.44. The van der Waals surface area contributed by atoms with Gasteiger partial charge in [-0.15, -0.1) is 0 Å². The van der Waals surface area contributed by atoms with Gasteiger partial charge < -0.3 is 9.84 Å². The summed E-state index contributed by atoms with van der Waals surface area (Å²) in [5, 5.41) is 8.95. The topological polar surface area (TPSA) is 29.5 Å². The maximum absolute atomic E-state index is 13.6. The number of rotatable bonds is 12. The lowest BCUT2D eigenvalue weighted by atomic mass is 9.88. The van der Waals surface area contributed by atoms with Gasteiger partial charge in [-0.05, 0) is 18.9 Å². The summed E-state index contributed by atoms with van der Waals surface area (Å²) < 4.78 is 226. The zero-order valence-corrected chi connectivity index (χ0v) is 16.2. The highest BCUT2D eigenvalue weighted by Gasteiger charge is 2.95. The monoisotopic (exact) mass is 548 g/mol. The van der Waals surface area contributed by atoms with E-state index in [1.165, 1.54) is 6.92 Å². The maximum Gasteiger partial charge on any atom is 0.460 e. The summed E-state index contributed by atoms with van der Waals surface area (Å²) in [6.45, 7) is 0.225. The number of ether oxygens (including phenoxy) is 1. The Labute approximate surface area is 178 Å². The van der Waals surface area contributed by atoms with Gasteiger partial charge in [0, 0.05) is 6.42 Å². The molecule has 0 aliphatic carbocycles. The summed E-state index contributed by atoms with van der Waals surface area (Å²) in [6.07, 6.45) is -10.9. The summed E-state index contributed by atoms with van der Waals surface area (Å²) in [5.41, 5.74) is 0. The van der Waals surface area contributed by atoms with Gasteiger partial charge in [0.2, 0.25) is 0 Å². The Morgan fingerprint density at radius 2 is 0.971 bits per heavy atom. The highest BCUT2D eigenvalue weighted by molar-refractivity contribution is 5.15. The van der Waals surface area contributed by atoms with Gasteiger partial charge in [0.25, 0.3) is 5.95 Å². The number of allylic oxidation sites excluding steroid dienone is 1.